The van der Waals surface area contributed by atoms with Crippen LogP contribution >= 0.6 is 15.9 Å². The number of halogens is 1. The summed E-state index contributed by atoms with van der Waals surface area (Å²) in [6.45, 7) is 10.3. The molecule has 0 bridgehead atoms. The second-order valence-corrected chi connectivity index (χ2v) is 6.04. The summed E-state index contributed by atoms with van der Waals surface area (Å²) in [5, 5.41) is 12.2. The van der Waals surface area contributed by atoms with Crippen molar-refractivity contribution < 1.29 is 0 Å². The molecule has 1 atom stereocenters. The number of hydrogen-bond acceptors (Lipinski definition) is 3. The largest absolute Gasteiger partial charge is 0.367 e. The van der Waals surface area contributed by atoms with Crippen molar-refractivity contribution >= 4 is 21.6 Å². The van der Waals surface area contributed by atoms with Gasteiger partial charge in [0.2, 0.25) is 0 Å². The molecule has 0 saturated carbocycles. The fraction of sp³-hybridized carbons (Fsp3) is 0.562. The lowest BCUT2D eigenvalue weighted by atomic mass is 10.1. The van der Waals surface area contributed by atoms with E-state index in [1.165, 1.54) is 5.56 Å². The molecular formula is C16H24BrN3. The molecule has 0 amide bonds. The van der Waals surface area contributed by atoms with E-state index in [0.717, 1.165) is 23.2 Å². The third-order valence-corrected chi connectivity index (χ3v) is 4.01. The van der Waals surface area contributed by atoms with E-state index in [2.05, 4.69) is 78.1 Å². The number of nitriles is 1. The summed E-state index contributed by atoms with van der Waals surface area (Å²) in [6.07, 6.45) is 0.542. The van der Waals surface area contributed by atoms with Gasteiger partial charge in [-0.05, 0) is 60.9 Å². The zero-order valence-electron chi connectivity index (χ0n) is 12.8. The van der Waals surface area contributed by atoms with Crippen LogP contribution in [0.5, 0.6) is 0 Å². The Bertz CT molecular complexity index is 465. The predicted molar refractivity (Wildman–Crippen MR) is 88.9 cm³/mol. The average Bonchev–Trinajstić information content (AvgIpc) is 2.40. The number of nitrogens with zero attached hydrogens (tertiary/aromatic N) is 2. The van der Waals surface area contributed by atoms with Gasteiger partial charge in [-0.25, -0.2) is 0 Å². The molecule has 0 fully saturated rings. The molecule has 1 rings (SSSR count). The fourth-order valence-corrected chi connectivity index (χ4v) is 2.90. The first-order valence-electron chi connectivity index (χ1n) is 7.17. The summed E-state index contributed by atoms with van der Waals surface area (Å²) in [5.41, 5.74) is 2.43. The second-order valence-electron chi connectivity index (χ2n) is 5.19. The Morgan fingerprint density at radius 1 is 1.35 bits per heavy atom. The van der Waals surface area contributed by atoms with Crippen LogP contribution in [-0.2, 0) is 0 Å². The lowest BCUT2D eigenvalue weighted by molar-refractivity contribution is 0.597. The molecule has 110 valence electrons. The molecule has 1 N–H and O–H groups in total. The molecule has 0 saturated heterocycles. The van der Waals surface area contributed by atoms with Crippen LogP contribution < -0.4 is 10.2 Å². The molecule has 0 aromatic heterocycles. The molecule has 1 unspecified atom stereocenters. The van der Waals surface area contributed by atoms with Crippen LogP contribution in [-0.4, -0.2) is 19.1 Å². The molecule has 0 radical (unpaired) electrons. The first-order valence-corrected chi connectivity index (χ1v) is 7.97. The first-order chi connectivity index (χ1) is 9.51. The van der Waals surface area contributed by atoms with Crippen LogP contribution in [0.1, 0.15) is 45.7 Å². The quantitative estimate of drug-likeness (QED) is 0.808. The summed E-state index contributed by atoms with van der Waals surface area (Å²) < 4.78 is 1.09. The molecule has 0 heterocycles. The van der Waals surface area contributed by atoms with E-state index in [4.69, 9.17) is 5.26 Å². The van der Waals surface area contributed by atoms with Crippen molar-refractivity contribution in [3.05, 3.63) is 28.2 Å². The van der Waals surface area contributed by atoms with E-state index in [1.54, 1.807) is 0 Å². The van der Waals surface area contributed by atoms with Crippen LogP contribution in [0.4, 0.5) is 5.69 Å². The third kappa shape index (κ3) is 4.50. The topological polar surface area (TPSA) is 39.1 Å². The zero-order chi connectivity index (χ0) is 15.1. The molecule has 0 aliphatic heterocycles. The SMILES string of the molecule is CCNC(C)c1ccc(N(CCC#N)C(C)C)c(Br)c1. The zero-order valence-corrected chi connectivity index (χ0v) is 14.4. The maximum Gasteiger partial charge on any atom is 0.0640 e. The summed E-state index contributed by atoms with van der Waals surface area (Å²) in [6, 6.07) is 9.41. The number of rotatable bonds is 7. The molecule has 1 aromatic carbocycles. The van der Waals surface area contributed by atoms with Gasteiger partial charge in [0.05, 0.1) is 18.2 Å². The lowest BCUT2D eigenvalue weighted by Crippen LogP contribution is -2.32. The van der Waals surface area contributed by atoms with Crippen LogP contribution in [0.2, 0.25) is 0 Å². The highest BCUT2D eigenvalue weighted by Crippen LogP contribution is 2.30. The van der Waals surface area contributed by atoms with Gasteiger partial charge in [0.1, 0.15) is 0 Å². The third-order valence-electron chi connectivity index (χ3n) is 3.38. The van der Waals surface area contributed by atoms with Crippen LogP contribution in [0.25, 0.3) is 0 Å². The monoisotopic (exact) mass is 337 g/mol. The van der Waals surface area contributed by atoms with E-state index in [1.807, 2.05) is 0 Å². The van der Waals surface area contributed by atoms with E-state index in [9.17, 15) is 0 Å². The van der Waals surface area contributed by atoms with E-state index in [-0.39, 0.29) is 0 Å². The molecule has 0 aliphatic rings. The lowest BCUT2D eigenvalue weighted by Gasteiger charge is -2.29. The van der Waals surface area contributed by atoms with Gasteiger partial charge >= 0.3 is 0 Å². The van der Waals surface area contributed by atoms with Crippen LogP contribution in [0.3, 0.4) is 0 Å². The van der Waals surface area contributed by atoms with Crippen molar-refractivity contribution in [3.63, 3.8) is 0 Å². The number of anilines is 1. The highest BCUT2D eigenvalue weighted by atomic mass is 79.9. The van der Waals surface area contributed by atoms with Gasteiger partial charge < -0.3 is 10.2 Å². The first kappa shape index (κ1) is 17.0. The summed E-state index contributed by atoms with van der Waals surface area (Å²) in [4.78, 5) is 2.26. The van der Waals surface area contributed by atoms with E-state index >= 15 is 0 Å². The molecule has 0 spiro atoms. The van der Waals surface area contributed by atoms with Gasteiger partial charge in [0.15, 0.2) is 0 Å². The Balaban J connectivity index is 2.98. The molecule has 0 aliphatic carbocycles. The van der Waals surface area contributed by atoms with Crippen molar-refractivity contribution in [1.29, 1.82) is 5.26 Å². The highest BCUT2D eigenvalue weighted by molar-refractivity contribution is 9.10. The smallest absolute Gasteiger partial charge is 0.0640 e. The minimum Gasteiger partial charge on any atom is -0.367 e. The summed E-state index contributed by atoms with van der Waals surface area (Å²) >= 11 is 3.68. The summed E-state index contributed by atoms with van der Waals surface area (Å²) in [5.74, 6) is 0. The Morgan fingerprint density at radius 2 is 2.05 bits per heavy atom. The van der Waals surface area contributed by atoms with Crippen molar-refractivity contribution in [1.82, 2.24) is 5.32 Å². The minimum atomic E-state index is 0.344. The van der Waals surface area contributed by atoms with Gasteiger partial charge in [-0.2, -0.15) is 5.26 Å². The van der Waals surface area contributed by atoms with Crippen molar-refractivity contribution in [2.75, 3.05) is 18.0 Å². The maximum absolute atomic E-state index is 8.79. The maximum atomic E-state index is 8.79. The highest BCUT2D eigenvalue weighted by Gasteiger charge is 2.14. The number of benzene rings is 1. The van der Waals surface area contributed by atoms with Gasteiger partial charge in [0.25, 0.3) is 0 Å². The Hall–Kier alpha value is -1.05. The van der Waals surface area contributed by atoms with Gasteiger partial charge in [-0.3, -0.25) is 0 Å². The van der Waals surface area contributed by atoms with Crippen molar-refractivity contribution in [2.24, 2.45) is 0 Å². The number of hydrogen-bond donors (Lipinski definition) is 1. The fourth-order valence-electron chi connectivity index (χ4n) is 2.28. The van der Waals surface area contributed by atoms with Crippen LogP contribution in [0, 0.1) is 11.3 Å². The summed E-state index contributed by atoms with van der Waals surface area (Å²) in [7, 11) is 0. The van der Waals surface area contributed by atoms with Crippen molar-refractivity contribution in [2.45, 2.75) is 46.2 Å². The van der Waals surface area contributed by atoms with Crippen molar-refractivity contribution in [3.8, 4) is 6.07 Å². The molecule has 3 nitrogen and oxygen atoms in total. The Morgan fingerprint density at radius 3 is 2.55 bits per heavy atom. The molecule has 20 heavy (non-hydrogen) atoms. The Labute approximate surface area is 131 Å². The Kier molecular flexibility index (Phi) is 7.04. The predicted octanol–water partition coefficient (Wildman–Crippen LogP) is 4.25. The standard InChI is InChI=1S/C16H24BrN3/c1-5-19-13(4)14-7-8-16(15(17)11-14)20(12(2)3)10-6-9-18/h7-8,11-13,19H,5-6,10H2,1-4H3. The molecular weight excluding hydrogens is 314 g/mol. The molecule has 4 heteroatoms. The average molecular weight is 338 g/mol. The molecule has 1 aromatic rings. The van der Waals surface area contributed by atoms with Gasteiger partial charge in [-0.1, -0.05) is 13.0 Å². The van der Waals surface area contributed by atoms with Gasteiger partial charge in [0, 0.05) is 23.1 Å². The van der Waals surface area contributed by atoms with Gasteiger partial charge in [-0.15, -0.1) is 0 Å². The second kappa shape index (κ2) is 8.28. The number of nitrogens with one attached hydrogen (secondary N) is 1. The van der Waals surface area contributed by atoms with E-state index in [0.29, 0.717) is 18.5 Å². The minimum absolute atomic E-state index is 0.344. The normalized spacial score (nSPS) is 12.2. The van der Waals surface area contributed by atoms with E-state index < -0.39 is 0 Å². The van der Waals surface area contributed by atoms with Crippen LogP contribution in [0.15, 0.2) is 22.7 Å².